The van der Waals surface area contributed by atoms with E-state index < -0.39 is 12.0 Å². The van der Waals surface area contributed by atoms with Crippen LogP contribution in [-0.4, -0.2) is 23.0 Å². The lowest BCUT2D eigenvalue weighted by Gasteiger charge is -2.28. The summed E-state index contributed by atoms with van der Waals surface area (Å²) in [6.45, 7) is 0. The first-order chi connectivity index (χ1) is 9.97. The predicted molar refractivity (Wildman–Crippen MR) is 87.3 cm³/mol. The summed E-state index contributed by atoms with van der Waals surface area (Å²) in [7, 11) is 0. The van der Waals surface area contributed by atoms with Crippen molar-refractivity contribution < 1.29 is 14.7 Å². The van der Waals surface area contributed by atoms with Crippen LogP contribution in [0, 0.1) is 5.92 Å². The van der Waals surface area contributed by atoms with Gasteiger partial charge < -0.3 is 10.4 Å². The molecule has 0 aliphatic heterocycles. The molecule has 2 rings (SSSR count). The first-order valence-electron chi connectivity index (χ1n) is 6.97. The van der Waals surface area contributed by atoms with Crippen LogP contribution in [0.5, 0.6) is 0 Å². The number of carboxylic acid groups (broad SMARTS) is 1. The smallest absolute Gasteiger partial charge is 0.326 e. The van der Waals surface area contributed by atoms with Gasteiger partial charge in [0.2, 0.25) is 0 Å². The zero-order chi connectivity index (χ0) is 15.4. The van der Waals surface area contributed by atoms with Crippen molar-refractivity contribution in [2.75, 3.05) is 0 Å². The Morgan fingerprint density at radius 1 is 1.10 bits per heavy atom. The van der Waals surface area contributed by atoms with Gasteiger partial charge in [0.25, 0.3) is 5.91 Å². The summed E-state index contributed by atoms with van der Waals surface area (Å²) in [5.74, 6) is -1.28. The van der Waals surface area contributed by atoms with Crippen LogP contribution in [0.4, 0.5) is 0 Å². The molecule has 21 heavy (non-hydrogen) atoms. The van der Waals surface area contributed by atoms with Gasteiger partial charge in [-0.2, -0.15) is 0 Å². The Labute approximate surface area is 140 Å². The molecule has 1 aliphatic carbocycles. The van der Waals surface area contributed by atoms with Crippen LogP contribution in [0.2, 0.25) is 0 Å². The second-order valence-corrected chi connectivity index (χ2v) is 7.18. The van der Waals surface area contributed by atoms with Gasteiger partial charge in [-0.1, -0.05) is 51.1 Å². The molecule has 1 atom stereocenters. The molecule has 1 amide bonds. The highest BCUT2D eigenvalue weighted by Crippen LogP contribution is 2.27. The Bertz CT molecular complexity index is 521. The topological polar surface area (TPSA) is 66.4 Å². The van der Waals surface area contributed by atoms with Gasteiger partial charge in [0.15, 0.2) is 0 Å². The van der Waals surface area contributed by atoms with Gasteiger partial charge in [0, 0.05) is 14.5 Å². The molecular weight excluding hydrogens is 402 g/mol. The van der Waals surface area contributed by atoms with Gasteiger partial charge in [-0.3, -0.25) is 4.79 Å². The van der Waals surface area contributed by atoms with Gasteiger partial charge in [-0.25, -0.2) is 4.79 Å². The van der Waals surface area contributed by atoms with Crippen molar-refractivity contribution in [1.82, 2.24) is 5.32 Å². The van der Waals surface area contributed by atoms with Gasteiger partial charge in [-0.15, -0.1) is 0 Å². The Morgan fingerprint density at radius 3 is 2.19 bits per heavy atom. The van der Waals surface area contributed by atoms with E-state index in [-0.39, 0.29) is 11.8 Å². The molecule has 0 radical (unpaired) electrons. The normalized spacial score (nSPS) is 17.2. The zero-order valence-corrected chi connectivity index (χ0v) is 14.6. The number of amides is 1. The van der Waals surface area contributed by atoms with E-state index in [9.17, 15) is 14.7 Å². The molecule has 4 nitrogen and oxygen atoms in total. The summed E-state index contributed by atoms with van der Waals surface area (Å²) < 4.78 is 1.54. The number of halogens is 2. The highest BCUT2D eigenvalue weighted by molar-refractivity contribution is 9.11. The molecule has 1 aromatic rings. The molecule has 0 bridgehead atoms. The van der Waals surface area contributed by atoms with E-state index >= 15 is 0 Å². The number of hydrogen-bond acceptors (Lipinski definition) is 2. The number of nitrogens with one attached hydrogen (secondary N) is 1. The van der Waals surface area contributed by atoms with Crippen molar-refractivity contribution in [3.05, 3.63) is 32.7 Å². The fourth-order valence-corrected chi connectivity index (χ4v) is 4.05. The Kier molecular flexibility index (Phi) is 5.81. The molecule has 1 aliphatic rings. The Balaban J connectivity index is 2.12. The van der Waals surface area contributed by atoms with Crippen LogP contribution in [0.25, 0.3) is 0 Å². The Hall–Kier alpha value is -0.880. The second kappa shape index (κ2) is 7.40. The van der Waals surface area contributed by atoms with Gasteiger partial charge in [0.05, 0.1) is 0 Å². The summed E-state index contributed by atoms with van der Waals surface area (Å²) in [6, 6.07) is 4.38. The van der Waals surface area contributed by atoms with Crippen LogP contribution >= 0.6 is 31.9 Å². The molecule has 2 N–H and O–H groups in total. The summed E-state index contributed by atoms with van der Waals surface area (Å²) >= 11 is 6.65. The van der Waals surface area contributed by atoms with E-state index in [4.69, 9.17) is 0 Å². The lowest BCUT2D eigenvalue weighted by Crippen LogP contribution is -2.46. The molecule has 6 heteroatoms. The second-order valence-electron chi connectivity index (χ2n) is 5.35. The molecule has 0 spiro atoms. The maximum atomic E-state index is 12.3. The van der Waals surface area contributed by atoms with Crippen LogP contribution in [0.3, 0.4) is 0 Å². The van der Waals surface area contributed by atoms with Crippen molar-refractivity contribution in [3.63, 3.8) is 0 Å². The van der Waals surface area contributed by atoms with Crippen molar-refractivity contribution in [1.29, 1.82) is 0 Å². The van der Waals surface area contributed by atoms with Gasteiger partial charge in [0.1, 0.15) is 6.04 Å². The van der Waals surface area contributed by atoms with E-state index in [1.165, 1.54) is 0 Å². The van der Waals surface area contributed by atoms with Gasteiger partial charge >= 0.3 is 5.97 Å². The third kappa shape index (κ3) is 4.54. The maximum Gasteiger partial charge on any atom is 0.326 e. The summed E-state index contributed by atoms with van der Waals surface area (Å²) in [5, 5.41) is 12.1. The maximum absolute atomic E-state index is 12.3. The Morgan fingerprint density at radius 2 is 1.67 bits per heavy atom. The molecule has 0 saturated heterocycles. The lowest BCUT2D eigenvalue weighted by atomic mass is 9.84. The quantitative estimate of drug-likeness (QED) is 0.777. The largest absolute Gasteiger partial charge is 0.480 e. The molecule has 1 fully saturated rings. The molecule has 0 aromatic heterocycles. The molecule has 114 valence electrons. The minimum Gasteiger partial charge on any atom is -0.480 e. The summed E-state index contributed by atoms with van der Waals surface area (Å²) in [4.78, 5) is 23.8. The third-order valence-corrected chi connectivity index (χ3v) is 4.71. The van der Waals surface area contributed by atoms with Crippen molar-refractivity contribution in [2.24, 2.45) is 5.92 Å². The van der Waals surface area contributed by atoms with E-state index in [2.05, 4.69) is 37.2 Å². The van der Waals surface area contributed by atoms with Crippen LogP contribution in [0.15, 0.2) is 27.1 Å². The van der Waals surface area contributed by atoms with Crippen molar-refractivity contribution in [2.45, 2.75) is 38.1 Å². The number of rotatable bonds is 4. The van der Waals surface area contributed by atoms with Crippen LogP contribution in [-0.2, 0) is 4.79 Å². The van der Waals surface area contributed by atoms with E-state index in [0.29, 0.717) is 5.56 Å². The average molecular weight is 419 g/mol. The monoisotopic (exact) mass is 417 g/mol. The molecule has 1 unspecified atom stereocenters. The number of carboxylic acids is 1. The number of carbonyl (C=O) groups is 2. The van der Waals surface area contributed by atoms with E-state index in [1.807, 2.05) is 6.07 Å². The van der Waals surface area contributed by atoms with Crippen molar-refractivity contribution >= 4 is 43.7 Å². The van der Waals surface area contributed by atoms with Crippen LogP contribution in [0.1, 0.15) is 42.5 Å². The minimum absolute atomic E-state index is 0.0239. The average Bonchev–Trinajstić information content (AvgIpc) is 2.44. The zero-order valence-electron chi connectivity index (χ0n) is 11.4. The number of hydrogen-bond donors (Lipinski definition) is 2. The highest BCUT2D eigenvalue weighted by atomic mass is 79.9. The molecule has 0 heterocycles. The number of benzene rings is 1. The lowest BCUT2D eigenvalue weighted by molar-refractivity contribution is -0.141. The summed E-state index contributed by atoms with van der Waals surface area (Å²) in [6.07, 6.45) is 4.94. The third-order valence-electron chi connectivity index (χ3n) is 3.80. The molecule has 1 saturated carbocycles. The predicted octanol–water partition coefficient (Wildman–Crippen LogP) is 3.97. The van der Waals surface area contributed by atoms with E-state index in [1.54, 1.807) is 12.1 Å². The SMILES string of the molecule is O=C(NC(C(=O)O)C1CCCCC1)c1cc(Br)cc(Br)c1. The van der Waals surface area contributed by atoms with Gasteiger partial charge in [-0.05, 0) is 37.0 Å². The number of carbonyl (C=O) groups excluding carboxylic acids is 1. The fraction of sp³-hybridized carbons (Fsp3) is 0.467. The minimum atomic E-state index is -0.954. The molecular formula is C15H17Br2NO3. The first kappa shape index (κ1) is 16.5. The van der Waals surface area contributed by atoms with E-state index in [0.717, 1.165) is 41.0 Å². The first-order valence-corrected chi connectivity index (χ1v) is 8.56. The molecule has 1 aromatic carbocycles. The highest BCUT2D eigenvalue weighted by Gasteiger charge is 2.31. The standard InChI is InChI=1S/C15H17Br2NO3/c16-11-6-10(7-12(17)8-11)14(19)18-13(15(20)21)9-4-2-1-3-5-9/h6-9,13H,1-5H2,(H,18,19)(H,20,21). The fourth-order valence-electron chi connectivity index (χ4n) is 2.76. The van der Waals surface area contributed by atoms with Crippen molar-refractivity contribution in [3.8, 4) is 0 Å². The number of aliphatic carboxylic acids is 1. The van der Waals surface area contributed by atoms with Crippen LogP contribution < -0.4 is 5.32 Å². The summed E-state index contributed by atoms with van der Waals surface area (Å²) in [5.41, 5.74) is 0.443.